The van der Waals surface area contributed by atoms with Gasteiger partial charge in [0.05, 0.1) is 18.8 Å². The standard InChI is InChI=1S/C7H12FNO/c8-6-1-2-9-7(3-6)4-10-5-7/h6,9H,1-5H2. The molecule has 2 aliphatic heterocycles. The highest BCUT2D eigenvalue weighted by Crippen LogP contribution is 2.28. The van der Waals surface area contributed by atoms with Gasteiger partial charge in [-0.1, -0.05) is 0 Å². The van der Waals surface area contributed by atoms with Gasteiger partial charge in [0.1, 0.15) is 6.17 Å². The molecule has 2 fully saturated rings. The van der Waals surface area contributed by atoms with Crippen LogP contribution in [-0.2, 0) is 4.74 Å². The van der Waals surface area contributed by atoms with Crippen LogP contribution in [0.1, 0.15) is 12.8 Å². The van der Waals surface area contributed by atoms with Gasteiger partial charge in [0.15, 0.2) is 0 Å². The lowest BCUT2D eigenvalue weighted by Gasteiger charge is -2.45. The lowest BCUT2D eigenvalue weighted by molar-refractivity contribution is -0.0976. The van der Waals surface area contributed by atoms with E-state index in [1.165, 1.54) is 0 Å². The molecule has 10 heavy (non-hydrogen) atoms. The van der Waals surface area contributed by atoms with Crippen molar-refractivity contribution in [3.8, 4) is 0 Å². The Morgan fingerprint density at radius 2 is 2.30 bits per heavy atom. The summed E-state index contributed by atoms with van der Waals surface area (Å²) >= 11 is 0. The lowest BCUT2D eigenvalue weighted by atomic mass is 9.86. The molecule has 0 aliphatic carbocycles. The first-order valence-electron chi connectivity index (χ1n) is 3.78. The summed E-state index contributed by atoms with van der Waals surface area (Å²) in [7, 11) is 0. The summed E-state index contributed by atoms with van der Waals surface area (Å²) < 4.78 is 17.8. The highest BCUT2D eigenvalue weighted by Gasteiger charge is 2.42. The monoisotopic (exact) mass is 145 g/mol. The van der Waals surface area contributed by atoms with Crippen LogP contribution in [0.15, 0.2) is 0 Å². The molecule has 58 valence electrons. The molecule has 1 spiro atoms. The molecule has 0 aromatic carbocycles. The van der Waals surface area contributed by atoms with Crippen LogP contribution in [-0.4, -0.2) is 31.5 Å². The fourth-order valence-corrected chi connectivity index (χ4v) is 1.66. The predicted octanol–water partition coefficient (Wildman–Crippen LogP) is 0.477. The second kappa shape index (κ2) is 2.17. The van der Waals surface area contributed by atoms with Crippen LogP contribution in [0.5, 0.6) is 0 Å². The number of nitrogens with one attached hydrogen (secondary N) is 1. The molecule has 1 unspecified atom stereocenters. The van der Waals surface area contributed by atoms with Gasteiger partial charge < -0.3 is 10.1 Å². The van der Waals surface area contributed by atoms with Crippen molar-refractivity contribution < 1.29 is 9.13 Å². The average molecular weight is 145 g/mol. The number of hydrogen-bond donors (Lipinski definition) is 1. The summed E-state index contributed by atoms with van der Waals surface area (Å²) in [6, 6.07) is 0. The third kappa shape index (κ3) is 0.935. The Balaban J connectivity index is 1.96. The highest BCUT2D eigenvalue weighted by atomic mass is 19.1. The van der Waals surface area contributed by atoms with Crippen molar-refractivity contribution >= 4 is 0 Å². The smallest absolute Gasteiger partial charge is 0.103 e. The molecule has 0 radical (unpaired) electrons. The Kier molecular flexibility index (Phi) is 1.42. The number of piperidine rings is 1. The van der Waals surface area contributed by atoms with Crippen LogP contribution in [0.25, 0.3) is 0 Å². The molecular weight excluding hydrogens is 133 g/mol. The van der Waals surface area contributed by atoms with Crippen molar-refractivity contribution in [2.24, 2.45) is 0 Å². The maximum atomic E-state index is 12.8. The SMILES string of the molecule is FC1CCNC2(COC2)C1. The van der Waals surface area contributed by atoms with Crippen molar-refractivity contribution in [3.05, 3.63) is 0 Å². The van der Waals surface area contributed by atoms with E-state index in [-0.39, 0.29) is 5.54 Å². The van der Waals surface area contributed by atoms with Gasteiger partial charge in [0.25, 0.3) is 0 Å². The molecule has 0 bridgehead atoms. The maximum Gasteiger partial charge on any atom is 0.103 e. The summed E-state index contributed by atoms with van der Waals surface area (Å²) in [5, 5.41) is 3.30. The predicted molar refractivity (Wildman–Crippen MR) is 35.7 cm³/mol. The molecule has 0 aromatic rings. The molecule has 1 atom stereocenters. The van der Waals surface area contributed by atoms with Gasteiger partial charge in [-0.05, 0) is 13.0 Å². The molecule has 0 aromatic heterocycles. The quantitative estimate of drug-likeness (QED) is 0.535. The Morgan fingerprint density at radius 3 is 2.70 bits per heavy atom. The van der Waals surface area contributed by atoms with Gasteiger partial charge in [-0.3, -0.25) is 0 Å². The zero-order chi connectivity index (χ0) is 7.03. The number of halogens is 1. The van der Waals surface area contributed by atoms with Crippen LogP contribution >= 0.6 is 0 Å². The first-order valence-corrected chi connectivity index (χ1v) is 3.78. The average Bonchev–Trinajstić information content (AvgIpc) is 1.85. The van der Waals surface area contributed by atoms with E-state index < -0.39 is 6.17 Å². The molecule has 2 rings (SSSR count). The van der Waals surface area contributed by atoms with Gasteiger partial charge in [0.2, 0.25) is 0 Å². The van der Waals surface area contributed by atoms with E-state index in [4.69, 9.17) is 4.74 Å². The van der Waals surface area contributed by atoms with Gasteiger partial charge in [-0.25, -0.2) is 4.39 Å². The third-order valence-corrected chi connectivity index (χ3v) is 2.33. The lowest BCUT2D eigenvalue weighted by Crippen LogP contribution is -2.64. The Labute approximate surface area is 59.7 Å². The highest BCUT2D eigenvalue weighted by molar-refractivity contribution is 4.98. The number of hydrogen-bond acceptors (Lipinski definition) is 2. The van der Waals surface area contributed by atoms with Crippen molar-refractivity contribution in [2.45, 2.75) is 24.6 Å². The summed E-state index contributed by atoms with van der Waals surface area (Å²) in [4.78, 5) is 0. The Bertz CT molecular complexity index is 136. The molecule has 0 amide bonds. The summed E-state index contributed by atoms with van der Waals surface area (Å²) in [6.07, 6.45) is 0.708. The van der Waals surface area contributed by atoms with Crippen LogP contribution in [0, 0.1) is 0 Å². The van der Waals surface area contributed by atoms with Gasteiger partial charge in [-0.2, -0.15) is 0 Å². The van der Waals surface area contributed by atoms with Crippen LogP contribution in [0.2, 0.25) is 0 Å². The van der Waals surface area contributed by atoms with Crippen LogP contribution in [0.4, 0.5) is 4.39 Å². The fraction of sp³-hybridized carbons (Fsp3) is 1.00. The normalized spacial score (nSPS) is 37.5. The van der Waals surface area contributed by atoms with Crippen LogP contribution < -0.4 is 5.32 Å². The summed E-state index contributed by atoms with van der Waals surface area (Å²) in [5.41, 5.74) is 0.0255. The fourth-order valence-electron chi connectivity index (χ4n) is 1.66. The summed E-state index contributed by atoms with van der Waals surface area (Å²) in [5.74, 6) is 0. The van der Waals surface area contributed by atoms with E-state index in [1.54, 1.807) is 0 Å². The second-order valence-corrected chi connectivity index (χ2v) is 3.29. The third-order valence-electron chi connectivity index (χ3n) is 2.33. The molecule has 0 saturated carbocycles. The van der Waals surface area contributed by atoms with Crippen LogP contribution in [0.3, 0.4) is 0 Å². The van der Waals surface area contributed by atoms with Crippen molar-refractivity contribution in [3.63, 3.8) is 0 Å². The molecule has 2 nitrogen and oxygen atoms in total. The van der Waals surface area contributed by atoms with Crippen molar-refractivity contribution in [2.75, 3.05) is 19.8 Å². The summed E-state index contributed by atoms with van der Waals surface area (Å²) in [6.45, 7) is 2.21. The van der Waals surface area contributed by atoms with Gasteiger partial charge >= 0.3 is 0 Å². The van der Waals surface area contributed by atoms with E-state index in [0.717, 1.165) is 6.54 Å². The molecular formula is C7H12FNO. The number of rotatable bonds is 0. The zero-order valence-electron chi connectivity index (χ0n) is 5.90. The minimum atomic E-state index is -0.606. The molecule has 2 aliphatic rings. The Hall–Kier alpha value is -0.150. The zero-order valence-corrected chi connectivity index (χ0v) is 5.90. The van der Waals surface area contributed by atoms with E-state index in [9.17, 15) is 4.39 Å². The van der Waals surface area contributed by atoms with E-state index in [0.29, 0.717) is 26.1 Å². The van der Waals surface area contributed by atoms with Crippen molar-refractivity contribution in [1.82, 2.24) is 5.32 Å². The molecule has 3 heteroatoms. The van der Waals surface area contributed by atoms with Gasteiger partial charge in [-0.15, -0.1) is 0 Å². The first-order chi connectivity index (χ1) is 4.81. The molecule has 2 saturated heterocycles. The minimum absolute atomic E-state index is 0.0255. The topological polar surface area (TPSA) is 21.3 Å². The van der Waals surface area contributed by atoms with Crippen molar-refractivity contribution in [1.29, 1.82) is 0 Å². The number of ether oxygens (including phenoxy) is 1. The molecule has 2 heterocycles. The first kappa shape index (κ1) is 6.55. The number of alkyl halides is 1. The maximum absolute atomic E-state index is 12.8. The second-order valence-electron chi connectivity index (χ2n) is 3.29. The van der Waals surface area contributed by atoms with E-state index >= 15 is 0 Å². The molecule has 1 N–H and O–H groups in total. The largest absolute Gasteiger partial charge is 0.377 e. The van der Waals surface area contributed by atoms with Gasteiger partial charge in [0, 0.05) is 6.42 Å². The van der Waals surface area contributed by atoms with E-state index in [1.807, 2.05) is 0 Å². The minimum Gasteiger partial charge on any atom is -0.377 e. The van der Waals surface area contributed by atoms with E-state index in [2.05, 4.69) is 5.32 Å². The Morgan fingerprint density at radius 1 is 1.50 bits per heavy atom.